The van der Waals surface area contributed by atoms with E-state index in [1.807, 2.05) is 11.4 Å². The molecule has 1 aliphatic heterocycles. The zero-order chi connectivity index (χ0) is 15.5. The molecule has 0 saturated carbocycles. The van der Waals surface area contributed by atoms with Crippen LogP contribution in [0.5, 0.6) is 0 Å². The van der Waals surface area contributed by atoms with Gasteiger partial charge in [0.05, 0.1) is 11.5 Å². The second kappa shape index (κ2) is 6.46. The molecule has 2 N–H and O–H groups in total. The van der Waals surface area contributed by atoms with Crippen LogP contribution in [0.3, 0.4) is 0 Å². The van der Waals surface area contributed by atoms with Crippen LogP contribution in [0.2, 0.25) is 0 Å². The third-order valence-electron chi connectivity index (χ3n) is 3.65. The lowest BCUT2D eigenvalue weighted by Gasteiger charge is -2.26. The van der Waals surface area contributed by atoms with E-state index in [-0.39, 0.29) is 35.3 Å². The predicted molar refractivity (Wildman–Crippen MR) is 85.4 cm³/mol. The highest BCUT2D eigenvalue weighted by Crippen LogP contribution is 2.26. The number of hydrogen-bond acceptors (Lipinski definition) is 5. The van der Waals surface area contributed by atoms with Gasteiger partial charge in [-0.2, -0.15) is 0 Å². The molecule has 118 valence electrons. The molecule has 1 amide bonds. The maximum Gasteiger partial charge on any atom is 0.221 e. The molecule has 0 radical (unpaired) electrons. The maximum absolute atomic E-state index is 12.0. The van der Waals surface area contributed by atoms with Crippen molar-refractivity contribution in [3.63, 3.8) is 0 Å². The number of rotatable bonds is 5. The average Bonchev–Trinajstić information content (AvgIpc) is 2.90. The van der Waals surface area contributed by atoms with Crippen molar-refractivity contribution in [1.82, 2.24) is 10.6 Å². The number of sulfone groups is 1. The fourth-order valence-corrected chi connectivity index (χ4v) is 4.66. The Morgan fingerprint density at radius 2 is 2.29 bits per heavy atom. The number of amides is 1. The number of carbonyl (C=O) groups excluding carboxylic acids is 1. The Kier molecular flexibility index (Phi) is 5.06. The van der Waals surface area contributed by atoms with Crippen LogP contribution >= 0.6 is 11.3 Å². The number of hydrogen-bond donors (Lipinski definition) is 2. The summed E-state index contributed by atoms with van der Waals surface area (Å²) in [5, 5.41) is 8.03. The third-order valence-corrected chi connectivity index (χ3v) is 6.62. The first-order valence-corrected chi connectivity index (χ1v) is 9.73. The summed E-state index contributed by atoms with van der Waals surface area (Å²) in [6, 6.07) is 3.79. The molecule has 1 atom stereocenters. The summed E-state index contributed by atoms with van der Waals surface area (Å²) in [6.07, 6.45) is 0.208. The molecule has 1 saturated heterocycles. The van der Waals surface area contributed by atoms with Crippen LogP contribution in [0.4, 0.5) is 0 Å². The lowest BCUT2D eigenvalue weighted by atomic mass is 9.91. The second-order valence-electron chi connectivity index (χ2n) is 6.11. The molecule has 2 heterocycles. The summed E-state index contributed by atoms with van der Waals surface area (Å²) in [7, 11) is -3.00. The van der Waals surface area contributed by atoms with Crippen LogP contribution in [-0.2, 0) is 20.0 Å². The lowest BCUT2D eigenvalue weighted by Crippen LogP contribution is -2.48. The van der Waals surface area contributed by atoms with Crippen LogP contribution in [-0.4, -0.2) is 45.0 Å². The highest BCUT2D eigenvalue weighted by molar-refractivity contribution is 7.91. The van der Waals surface area contributed by atoms with E-state index in [1.54, 1.807) is 11.3 Å². The van der Waals surface area contributed by atoms with Gasteiger partial charge < -0.3 is 10.6 Å². The minimum absolute atomic E-state index is 0.0503. The van der Waals surface area contributed by atoms with Crippen molar-refractivity contribution in [3.8, 4) is 0 Å². The molecule has 21 heavy (non-hydrogen) atoms. The standard InChI is InChI=1S/C14H22N2O3S2/c1-14(2,12-4-3-6-20-12)10-16-13(17)8-11-9-21(18,19)7-5-15-11/h3-4,6,11,15H,5,7-10H2,1-2H3,(H,16,17). The van der Waals surface area contributed by atoms with Crippen molar-refractivity contribution in [2.75, 3.05) is 24.6 Å². The molecule has 1 aromatic rings. The Labute approximate surface area is 130 Å². The quantitative estimate of drug-likeness (QED) is 0.842. The Morgan fingerprint density at radius 3 is 2.90 bits per heavy atom. The Hall–Kier alpha value is -0.920. The maximum atomic E-state index is 12.0. The summed E-state index contributed by atoms with van der Waals surface area (Å²) in [6.45, 7) is 5.15. The van der Waals surface area contributed by atoms with E-state index in [0.29, 0.717) is 13.1 Å². The van der Waals surface area contributed by atoms with Gasteiger partial charge in [0, 0.05) is 35.8 Å². The van der Waals surface area contributed by atoms with Gasteiger partial charge >= 0.3 is 0 Å². The summed E-state index contributed by atoms with van der Waals surface area (Å²) in [4.78, 5) is 13.2. The van der Waals surface area contributed by atoms with Crippen molar-refractivity contribution in [2.24, 2.45) is 0 Å². The summed E-state index contributed by atoms with van der Waals surface area (Å²) < 4.78 is 23.1. The molecule has 0 aromatic carbocycles. The van der Waals surface area contributed by atoms with Crippen molar-refractivity contribution < 1.29 is 13.2 Å². The van der Waals surface area contributed by atoms with Crippen molar-refractivity contribution >= 4 is 27.1 Å². The monoisotopic (exact) mass is 330 g/mol. The second-order valence-corrected chi connectivity index (χ2v) is 9.28. The van der Waals surface area contributed by atoms with Crippen molar-refractivity contribution in [3.05, 3.63) is 22.4 Å². The topological polar surface area (TPSA) is 75.3 Å². The summed E-state index contributed by atoms with van der Waals surface area (Å²) >= 11 is 1.67. The first kappa shape index (κ1) is 16.5. The van der Waals surface area contributed by atoms with Gasteiger partial charge in [-0.1, -0.05) is 19.9 Å². The molecule has 1 unspecified atom stereocenters. The van der Waals surface area contributed by atoms with Crippen LogP contribution in [0.1, 0.15) is 25.1 Å². The molecule has 5 nitrogen and oxygen atoms in total. The van der Waals surface area contributed by atoms with E-state index in [2.05, 4.69) is 30.5 Å². The zero-order valence-electron chi connectivity index (χ0n) is 12.4. The highest BCUT2D eigenvalue weighted by atomic mass is 32.2. The number of carbonyl (C=O) groups is 1. The normalized spacial score (nSPS) is 21.9. The van der Waals surface area contributed by atoms with Gasteiger partial charge in [0.1, 0.15) is 0 Å². The van der Waals surface area contributed by atoms with Gasteiger partial charge in [0.2, 0.25) is 5.91 Å². The first-order chi connectivity index (χ1) is 9.78. The lowest BCUT2D eigenvalue weighted by molar-refractivity contribution is -0.121. The zero-order valence-corrected chi connectivity index (χ0v) is 14.0. The van der Waals surface area contributed by atoms with Gasteiger partial charge in [0.15, 0.2) is 9.84 Å². The molecule has 7 heteroatoms. The Morgan fingerprint density at radius 1 is 1.52 bits per heavy atom. The summed E-state index contributed by atoms with van der Waals surface area (Å²) in [5.74, 6) is 0.111. The minimum atomic E-state index is -3.00. The predicted octanol–water partition coefficient (Wildman–Crippen LogP) is 0.919. The number of nitrogens with one attached hydrogen (secondary N) is 2. The van der Waals surface area contributed by atoms with Gasteiger partial charge in [-0.15, -0.1) is 11.3 Å². The van der Waals surface area contributed by atoms with Gasteiger partial charge in [-0.3, -0.25) is 4.79 Å². The van der Waals surface area contributed by atoms with Crippen molar-refractivity contribution in [1.29, 1.82) is 0 Å². The molecule has 1 fully saturated rings. The summed E-state index contributed by atoms with van der Waals surface area (Å²) in [5.41, 5.74) is -0.115. The largest absolute Gasteiger partial charge is 0.355 e. The Balaban J connectivity index is 1.82. The minimum Gasteiger partial charge on any atom is -0.355 e. The third kappa shape index (κ3) is 4.79. The van der Waals surface area contributed by atoms with Gasteiger partial charge in [-0.25, -0.2) is 8.42 Å². The van der Waals surface area contributed by atoms with Crippen molar-refractivity contribution in [2.45, 2.75) is 31.7 Å². The van der Waals surface area contributed by atoms with Crippen LogP contribution in [0, 0.1) is 0 Å². The van der Waals surface area contributed by atoms with Crippen LogP contribution in [0.25, 0.3) is 0 Å². The Bertz CT molecular complexity index is 579. The van der Waals surface area contributed by atoms with E-state index in [9.17, 15) is 13.2 Å². The van der Waals surface area contributed by atoms with E-state index in [0.717, 1.165) is 0 Å². The molecular weight excluding hydrogens is 308 g/mol. The van der Waals surface area contributed by atoms with Crippen LogP contribution < -0.4 is 10.6 Å². The molecule has 0 bridgehead atoms. The fourth-order valence-electron chi connectivity index (χ4n) is 2.36. The molecule has 0 spiro atoms. The molecule has 0 aliphatic carbocycles. The van der Waals surface area contributed by atoms with Crippen LogP contribution in [0.15, 0.2) is 17.5 Å². The number of thiophene rings is 1. The highest BCUT2D eigenvalue weighted by Gasteiger charge is 2.27. The molecule has 1 aliphatic rings. The van der Waals surface area contributed by atoms with E-state index < -0.39 is 9.84 Å². The fraction of sp³-hybridized carbons (Fsp3) is 0.643. The molecule has 2 rings (SSSR count). The molecular formula is C14H22N2O3S2. The first-order valence-electron chi connectivity index (χ1n) is 7.03. The van der Waals surface area contributed by atoms with E-state index in [4.69, 9.17) is 0 Å². The molecule has 1 aromatic heterocycles. The SMILES string of the molecule is CC(C)(CNC(=O)CC1CS(=O)(=O)CCN1)c1cccs1. The van der Waals surface area contributed by atoms with E-state index >= 15 is 0 Å². The average molecular weight is 330 g/mol. The smallest absolute Gasteiger partial charge is 0.221 e. The van der Waals surface area contributed by atoms with Gasteiger partial charge in [0.25, 0.3) is 0 Å². The van der Waals surface area contributed by atoms with Gasteiger partial charge in [-0.05, 0) is 11.4 Å². The van der Waals surface area contributed by atoms with E-state index in [1.165, 1.54) is 4.88 Å².